The average molecular weight is 436 g/mol. The fourth-order valence-corrected chi connectivity index (χ4v) is 4.82. The largest absolute Gasteiger partial charge is 0.491 e. The van der Waals surface area contributed by atoms with Crippen LogP contribution in [0.25, 0.3) is 0 Å². The van der Waals surface area contributed by atoms with Crippen LogP contribution in [-0.2, 0) is 19.1 Å². The zero-order valence-corrected chi connectivity index (χ0v) is 15.2. The maximum atomic E-state index is 12.4. The second-order valence-corrected chi connectivity index (χ2v) is 7.69. The third-order valence-corrected chi connectivity index (χ3v) is 6.04. The number of nitrogens with two attached hydrogens (primary N) is 3. The number of hydrogen-bond donors (Lipinski definition) is 3. The summed E-state index contributed by atoms with van der Waals surface area (Å²) in [5, 5.41) is -0.482. The van der Waals surface area contributed by atoms with Crippen LogP contribution in [0.5, 0.6) is 0 Å². The molecule has 1 amide bonds. The van der Waals surface area contributed by atoms with E-state index in [1.807, 2.05) is 0 Å². The van der Waals surface area contributed by atoms with Gasteiger partial charge in [-0.05, 0) is 0 Å². The fraction of sp³-hybridized carbons (Fsp3) is 0.308. The van der Waals surface area contributed by atoms with Crippen molar-refractivity contribution < 1.29 is 32.3 Å². The predicted molar refractivity (Wildman–Crippen MR) is 92.0 cm³/mol. The van der Waals surface area contributed by atoms with Crippen LogP contribution in [0.2, 0.25) is 0 Å². The lowest BCUT2D eigenvalue weighted by molar-refractivity contribution is -0.201. The minimum Gasteiger partial charge on any atom is -0.383 e. The quantitative estimate of drug-likeness (QED) is 0.249. The summed E-state index contributed by atoms with van der Waals surface area (Å²) in [6.07, 6.45) is -5.38. The molecular formula is C13H11F3N6O4S2. The highest BCUT2D eigenvalue weighted by molar-refractivity contribution is 8.06. The van der Waals surface area contributed by atoms with E-state index in [1.165, 1.54) is 17.8 Å². The molecule has 0 unspecified atom stereocenters. The number of carbonyl (C=O) groups is 3. The topological polar surface area (TPSA) is 168 Å². The number of ether oxygens (including phenoxy) is 1. The maximum absolute atomic E-state index is 12.4. The number of alkyl halides is 3. The summed E-state index contributed by atoms with van der Waals surface area (Å²) >= 11 is 2.01. The first-order valence-electron chi connectivity index (χ1n) is 7.33. The third-order valence-electron chi connectivity index (χ3n) is 3.55. The molecule has 2 aliphatic rings. The summed E-state index contributed by atoms with van der Waals surface area (Å²) in [7, 11) is 0. The van der Waals surface area contributed by atoms with Crippen molar-refractivity contribution in [2.24, 2.45) is 5.73 Å². The number of rotatable bonds is 3. The summed E-state index contributed by atoms with van der Waals surface area (Å²) in [6, 6.07) is 0.390. The number of carbonyl (C=O) groups excluding carboxylic acids is 3. The van der Waals surface area contributed by atoms with Crippen LogP contribution in [-0.4, -0.2) is 56.1 Å². The van der Waals surface area contributed by atoms with Crippen molar-refractivity contribution in [2.45, 2.75) is 22.6 Å². The van der Waals surface area contributed by atoms with Gasteiger partial charge in [-0.25, -0.2) is 14.6 Å². The molecule has 150 valence electrons. The number of thioether (sulfide) groups is 2. The van der Waals surface area contributed by atoms with E-state index in [0.29, 0.717) is 0 Å². The van der Waals surface area contributed by atoms with Crippen LogP contribution in [0, 0.1) is 0 Å². The van der Waals surface area contributed by atoms with Crippen LogP contribution < -0.4 is 17.2 Å². The Hall–Kier alpha value is -2.52. The van der Waals surface area contributed by atoms with Gasteiger partial charge in [0.1, 0.15) is 28.0 Å². The number of hydrogen-bond acceptors (Lipinski definition) is 11. The van der Waals surface area contributed by atoms with Crippen molar-refractivity contribution in [3.05, 3.63) is 16.7 Å². The monoisotopic (exact) mass is 436 g/mol. The van der Waals surface area contributed by atoms with Gasteiger partial charge in [0.25, 0.3) is 0 Å². The first-order chi connectivity index (χ1) is 13.0. The lowest BCUT2D eigenvalue weighted by atomic mass is 10.1. The third kappa shape index (κ3) is 3.72. The van der Waals surface area contributed by atoms with Crippen molar-refractivity contribution in [3.8, 4) is 0 Å². The fourth-order valence-electron chi connectivity index (χ4n) is 2.39. The zero-order valence-electron chi connectivity index (χ0n) is 13.6. The van der Waals surface area contributed by atoms with Crippen molar-refractivity contribution in [1.82, 2.24) is 14.9 Å². The number of nitrogens with zero attached hydrogens (tertiary/aromatic N) is 3. The molecule has 1 aromatic heterocycles. The summed E-state index contributed by atoms with van der Waals surface area (Å²) in [4.78, 5) is 44.0. The lowest BCUT2D eigenvalue weighted by Gasteiger charge is -2.47. The first-order valence-corrected chi connectivity index (χ1v) is 9.20. The number of fused-ring (bicyclic) bond motifs is 1. The number of esters is 2. The Morgan fingerprint density at radius 2 is 2.00 bits per heavy atom. The number of β-lactam (4-membered cyclic amide) rings is 1. The molecule has 3 rings (SSSR count). The second-order valence-electron chi connectivity index (χ2n) is 5.47. The van der Waals surface area contributed by atoms with Gasteiger partial charge in [0.15, 0.2) is 0 Å². The molecule has 3 heterocycles. The van der Waals surface area contributed by atoms with Crippen LogP contribution in [0.4, 0.5) is 24.9 Å². The zero-order chi connectivity index (χ0) is 20.8. The molecule has 0 radical (unpaired) electrons. The van der Waals surface area contributed by atoms with Gasteiger partial charge in [0.2, 0.25) is 11.9 Å². The summed E-state index contributed by atoms with van der Waals surface area (Å²) < 4.78 is 41.2. The van der Waals surface area contributed by atoms with E-state index in [1.54, 1.807) is 0 Å². The normalized spacial score (nSPS) is 21.9. The predicted octanol–water partition coefficient (Wildman–Crippen LogP) is -0.181. The molecule has 10 nitrogen and oxygen atoms in total. The van der Waals surface area contributed by atoms with E-state index in [-0.39, 0.29) is 27.5 Å². The Morgan fingerprint density at radius 3 is 2.61 bits per heavy atom. The van der Waals surface area contributed by atoms with Crippen molar-refractivity contribution in [1.29, 1.82) is 0 Å². The van der Waals surface area contributed by atoms with Crippen LogP contribution in [0.1, 0.15) is 0 Å². The lowest BCUT2D eigenvalue weighted by Crippen LogP contribution is -2.68. The molecule has 2 aliphatic heterocycles. The average Bonchev–Trinajstić information content (AvgIpc) is 2.58. The smallest absolute Gasteiger partial charge is 0.383 e. The number of nitrogen functional groups attached to an aromatic ring is 2. The van der Waals surface area contributed by atoms with Crippen molar-refractivity contribution in [3.63, 3.8) is 0 Å². The summed E-state index contributed by atoms with van der Waals surface area (Å²) in [6.45, 7) is 0. The summed E-state index contributed by atoms with van der Waals surface area (Å²) in [5.74, 6) is -5.05. The number of aromatic nitrogens is 2. The SMILES string of the molecule is Nc1cc(SC2=C(C(=O)OC(=O)C(F)(F)F)N3C(=O)[C@@H](N)[C@H]3SC2)nc(N)n1. The molecule has 28 heavy (non-hydrogen) atoms. The minimum atomic E-state index is -5.38. The molecule has 15 heteroatoms. The Kier molecular flexibility index (Phi) is 5.16. The molecule has 0 bridgehead atoms. The standard InChI is InChI=1S/C13H11F3N6O4S2/c14-13(15,16)11(25)26-10(24)7-3(2-27-9-6(18)8(23)22(7)9)28-5-1-4(17)20-12(19)21-5/h1,6,9H,2,18H2,(H4,17,19,20,21)/t6-,9-/m1/s1. The van der Waals surface area contributed by atoms with E-state index in [4.69, 9.17) is 17.2 Å². The number of anilines is 2. The molecule has 6 N–H and O–H groups in total. The molecular weight excluding hydrogens is 425 g/mol. The van der Waals surface area contributed by atoms with E-state index in [0.717, 1.165) is 16.7 Å². The Bertz CT molecular complexity index is 889. The van der Waals surface area contributed by atoms with Gasteiger partial charge in [-0.2, -0.15) is 18.2 Å². The van der Waals surface area contributed by atoms with Gasteiger partial charge in [0.05, 0.1) is 0 Å². The van der Waals surface area contributed by atoms with E-state index in [2.05, 4.69) is 14.7 Å². The van der Waals surface area contributed by atoms with Gasteiger partial charge < -0.3 is 21.9 Å². The molecule has 1 aromatic rings. The summed E-state index contributed by atoms with van der Waals surface area (Å²) in [5.41, 5.74) is 16.2. The highest BCUT2D eigenvalue weighted by Crippen LogP contribution is 2.44. The van der Waals surface area contributed by atoms with Crippen molar-refractivity contribution >= 4 is 53.1 Å². The maximum Gasteiger partial charge on any atom is 0.491 e. The Balaban J connectivity index is 1.97. The van der Waals surface area contributed by atoms with Gasteiger partial charge in [-0.15, -0.1) is 11.8 Å². The van der Waals surface area contributed by atoms with Gasteiger partial charge >= 0.3 is 18.1 Å². The second kappa shape index (κ2) is 7.14. The molecule has 0 aromatic carbocycles. The molecule has 1 saturated heterocycles. The molecule has 1 fully saturated rings. The highest BCUT2D eigenvalue weighted by Gasteiger charge is 2.53. The van der Waals surface area contributed by atoms with Crippen LogP contribution >= 0.6 is 23.5 Å². The molecule has 0 spiro atoms. The molecule has 0 aliphatic carbocycles. The van der Waals surface area contributed by atoms with E-state index in [9.17, 15) is 27.6 Å². The Labute approximate surface area is 163 Å². The van der Waals surface area contributed by atoms with Crippen LogP contribution in [0.3, 0.4) is 0 Å². The number of halogens is 3. The van der Waals surface area contributed by atoms with Crippen molar-refractivity contribution in [2.75, 3.05) is 17.2 Å². The molecule has 2 atom stereocenters. The van der Waals surface area contributed by atoms with E-state index >= 15 is 0 Å². The van der Waals surface area contributed by atoms with Gasteiger partial charge in [-0.3, -0.25) is 9.69 Å². The Morgan fingerprint density at radius 1 is 1.32 bits per heavy atom. The van der Waals surface area contributed by atoms with E-state index < -0.39 is 41.1 Å². The van der Waals surface area contributed by atoms with Gasteiger partial charge in [-0.1, -0.05) is 11.8 Å². The number of amides is 1. The molecule has 0 saturated carbocycles. The van der Waals surface area contributed by atoms with Crippen LogP contribution in [0.15, 0.2) is 21.7 Å². The van der Waals surface area contributed by atoms with Gasteiger partial charge in [0, 0.05) is 16.7 Å². The highest BCUT2D eigenvalue weighted by atomic mass is 32.2. The minimum absolute atomic E-state index is 0.0235. The first kappa shape index (κ1) is 20.2.